The van der Waals surface area contributed by atoms with E-state index in [1.54, 1.807) is 32.0 Å². The van der Waals surface area contributed by atoms with Gasteiger partial charge in [-0.25, -0.2) is 13.2 Å². The van der Waals surface area contributed by atoms with Crippen molar-refractivity contribution in [2.24, 2.45) is 0 Å². The van der Waals surface area contributed by atoms with Gasteiger partial charge in [0.05, 0.1) is 16.3 Å². The van der Waals surface area contributed by atoms with E-state index in [0.717, 1.165) is 5.56 Å². The summed E-state index contributed by atoms with van der Waals surface area (Å²) in [5.41, 5.74) is 1.19. The maximum absolute atomic E-state index is 12.4. The molecule has 7 heteroatoms. The Labute approximate surface area is 133 Å². The minimum Gasteiger partial charge on any atom is -0.478 e. The number of aromatic carboxylic acids is 1. The van der Waals surface area contributed by atoms with Crippen molar-refractivity contribution in [3.63, 3.8) is 0 Å². The highest BCUT2D eigenvalue weighted by Crippen LogP contribution is 2.28. The molecular formula is C15H14ClNO4S. The molecule has 116 valence electrons. The Morgan fingerprint density at radius 3 is 2.41 bits per heavy atom. The molecule has 0 fully saturated rings. The second-order valence-corrected chi connectivity index (χ2v) is 6.90. The van der Waals surface area contributed by atoms with E-state index in [0.29, 0.717) is 5.56 Å². The minimum absolute atomic E-state index is 0.0398. The minimum atomic E-state index is -3.98. The van der Waals surface area contributed by atoms with E-state index in [1.807, 2.05) is 0 Å². The molecule has 2 N–H and O–H groups in total. The van der Waals surface area contributed by atoms with Gasteiger partial charge >= 0.3 is 5.97 Å². The summed E-state index contributed by atoms with van der Waals surface area (Å²) in [5.74, 6) is -1.20. The van der Waals surface area contributed by atoms with Gasteiger partial charge in [0.25, 0.3) is 10.0 Å². The molecular weight excluding hydrogens is 326 g/mol. The lowest BCUT2D eigenvalue weighted by atomic mass is 10.0. The van der Waals surface area contributed by atoms with E-state index in [2.05, 4.69) is 4.72 Å². The number of hydrogen-bond acceptors (Lipinski definition) is 3. The molecule has 0 aromatic heterocycles. The van der Waals surface area contributed by atoms with Gasteiger partial charge in [-0.15, -0.1) is 0 Å². The van der Waals surface area contributed by atoms with E-state index < -0.39 is 16.0 Å². The number of nitrogens with one attached hydrogen (secondary N) is 1. The average molecular weight is 340 g/mol. The Hall–Kier alpha value is -2.05. The van der Waals surface area contributed by atoms with Crippen molar-refractivity contribution in [1.29, 1.82) is 0 Å². The highest BCUT2D eigenvalue weighted by atomic mass is 35.5. The van der Waals surface area contributed by atoms with E-state index >= 15 is 0 Å². The monoisotopic (exact) mass is 339 g/mol. The first kappa shape index (κ1) is 16.3. The van der Waals surface area contributed by atoms with Crippen LogP contribution in [0.3, 0.4) is 0 Å². The molecule has 22 heavy (non-hydrogen) atoms. The van der Waals surface area contributed by atoms with Gasteiger partial charge in [-0.3, -0.25) is 4.72 Å². The van der Waals surface area contributed by atoms with Gasteiger partial charge in [-0.05, 0) is 43.2 Å². The zero-order chi connectivity index (χ0) is 16.5. The zero-order valence-electron chi connectivity index (χ0n) is 11.9. The molecule has 0 radical (unpaired) electrons. The number of hydrogen-bond donors (Lipinski definition) is 2. The molecule has 0 heterocycles. The summed E-state index contributed by atoms with van der Waals surface area (Å²) < 4.78 is 27.2. The zero-order valence-corrected chi connectivity index (χ0v) is 13.5. The highest BCUT2D eigenvalue weighted by molar-refractivity contribution is 7.92. The van der Waals surface area contributed by atoms with Gasteiger partial charge in [0.2, 0.25) is 0 Å². The number of carboxylic acids is 1. The van der Waals surface area contributed by atoms with Crippen LogP contribution in [-0.4, -0.2) is 19.5 Å². The lowest BCUT2D eigenvalue weighted by Crippen LogP contribution is -2.17. The SMILES string of the molecule is Cc1cc(C)c(NS(=O)(=O)c2ccccc2Cl)c(C(=O)O)c1. The molecule has 0 saturated heterocycles. The fraction of sp³-hybridized carbons (Fsp3) is 0.133. The summed E-state index contributed by atoms with van der Waals surface area (Å²) in [6.07, 6.45) is 0. The summed E-state index contributed by atoms with van der Waals surface area (Å²) in [6.45, 7) is 3.38. The quantitative estimate of drug-likeness (QED) is 0.893. The van der Waals surface area contributed by atoms with Crippen molar-refractivity contribution < 1.29 is 18.3 Å². The molecule has 0 amide bonds. The summed E-state index contributed by atoms with van der Waals surface area (Å²) in [7, 11) is -3.98. The number of rotatable bonds is 4. The predicted octanol–water partition coefficient (Wildman–Crippen LogP) is 3.46. The molecule has 0 aliphatic heterocycles. The fourth-order valence-corrected chi connectivity index (χ4v) is 3.80. The van der Waals surface area contributed by atoms with Crippen LogP contribution in [0.2, 0.25) is 5.02 Å². The Balaban J connectivity index is 2.56. The van der Waals surface area contributed by atoms with Crippen LogP contribution in [-0.2, 0) is 10.0 Å². The van der Waals surface area contributed by atoms with E-state index in [-0.39, 0.29) is 21.2 Å². The van der Waals surface area contributed by atoms with Gasteiger partial charge in [0.15, 0.2) is 0 Å². The number of carbonyl (C=O) groups is 1. The second-order valence-electron chi connectivity index (χ2n) is 4.85. The summed E-state index contributed by atoms with van der Waals surface area (Å²) >= 11 is 5.91. The standard InChI is InChI=1S/C15H14ClNO4S/c1-9-7-10(2)14(11(8-9)15(18)19)17-22(20,21)13-6-4-3-5-12(13)16/h3-8,17H,1-2H3,(H,18,19). The largest absolute Gasteiger partial charge is 0.478 e. The van der Waals surface area contributed by atoms with Gasteiger partial charge in [-0.1, -0.05) is 29.8 Å². The summed E-state index contributed by atoms with van der Waals surface area (Å²) in [4.78, 5) is 11.3. The molecule has 0 spiro atoms. The van der Waals surface area contributed by atoms with Crippen molar-refractivity contribution in [1.82, 2.24) is 0 Å². The van der Waals surface area contributed by atoms with Gasteiger partial charge < -0.3 is 5.11 Å². The lowest BCUT2D eigenvalue weighted by molar-refractivity contribution is 0.0698. The molecule has 0 aliphatic rings. The normalized spacial score (nSPS) is 11.2. The first-order valence-electron chi connectivity index (χ1n) is 6.34. The number of anilines is 1. The van der Waals surface area contributed by atoms with Crippen LogP contribution < -0.4 is 4.72 Å². The molecule has 2 aromatic rings. The molecule has 0 atom stereocenters. The van der Waals surface area contributed by atoms with Crippen LogP contribution in [0.1, 0.15) is 21.5 Å². The van der Waals surface area contributed by atoms with E-state index in [4.69, 9.17) is 11.6 Å². The predicted molar refractivity (Wildman–Crippen MR) is 85.1 cm³/mol. The van der Waals surface area contributed by atoms with Crippen molar-refractivity contribution in [2.75, 3.05) is 4.72 Å². The van der Waals surface area contributed by atoms with Crippen molar-refractivity contribution >= 4 is 33.3 Å². The van der Waals surface area contributed by atoms with Crippen LogP contribution >= 0.6 is 11.6 Å². The number of carboxylic acid groups (broad SMARTS) is 1. The van der Waals surface area contributed by atoms with Gasteiger partial charge in [0.1, 0.15) is 4.90 Å². The van der Waals surface area contributed by atoms with Crippen molar-refractivity contribution in [3.8, 4) is 0 Å². The Morgan fingerprint density at radius 2 is 1.82 bits per heavy atom. The number of halogens is 1. The third-order valence-corrected chi connectivity index (χ3v) is 4.92. The van der Waals surface area contributed by atoms with Crippen molar-refractivity contribution in [3.05, 3.63) is 58.1 Å². The molecule has 0 unspecified atom stereocenters. The van der Waals surface area contributed by atoms with Crippen molar-refractivity contribution in [2.45, 2.75) is 18.7 Å². The molecule has 5 nitrogen and oxygen atoms in total. The maximum atomic E-state index is 12.4. The maximum Gasteiger partial charge on any atom is 0.337 e. The Morgan fingerprint density at radius 1 is 1.18 bits per heavy atom. The van der Waals surface area contributed by atoms with E-state index in [1.165, 1.54) is 18.2 Å². The number of benzene rings is 2. The molecule has 0 aliphatic carbocycles. The molecule has 0 saturated carbocycles. The van der Waals surface area contributed by atoms with E-state index in [9.17, 15) is 18.3 Å². The average Bonchev–Trinajstić information content (AvgIpc) is 2.41. The van der Waals surface area contributed by atoms with Crippen LogP contribution in [0.5, 0.6) is 0 Å². The van der Waals surface area contributed by atoms with Crippen LogP contribution in [0.25, 0.3) is 0 Å². The van der Waals surface area contributed by atoms with Crippen LogP contribution in [0, 0.1) is 13.8 Å². The number of sulfonamides is 1. The van der Waals surface area contributed by atoms with Crippen LogP contribution in [0.4, 0.5) is 5.69 Å². The highest BCUT2D eigenvalue weighted by Gasteiger charge is 2.22. The molecule has 2 rings (SSSR count). The summed E-state index contributed by atoms with van der Waals surface area (Å²) in [5, 5.41) is 9.34. The van der Waals surface area contributed by atoms with Crippen LogP contribution in [0.15, 0.2) is 41.3 Å². The first-order valence-corrected chi connectivity index (χ1v) is 8.20. The van der Waals surface area contributed by atoms with Gasteiger partial charge in [0, 0.05) is 0 Å². The smallest absolute Gasteiger partial charge is 0.337 e. The molecule has 0 bridgehead atoms. The topological polar surface area (TPSA) is 83.5 Å². The Bertz CT molecular complexity index is 847. The number of aryl methyl sites for hydroxylation is 2. The second kappa shape index (κ2) is 5.98. The molecule has 2 aromatic carbocycles. The fourth-order valence-electron chi connectivity index (χ4n) is 2.12. The van der Waals surface area contributed by atoms with Gasteiger partial charge in [-0.2, -0.15) is 0 Å². The Kier molecular flexibility index (Phi) is 4.44. The first-order chi connectivity index (χ1) is 10.2. The lowest BCUT2D eigenvalue weighted by Gasteiger charge is -2.15. The third-order valence-electron chi connectivity index (χ3n) is 3.07. The summed E-state index contributed by atoms with van der Waals surface area (Å²) in [6, 6.07) is 9.09. The third kappa shape index (κ3) is 3.23.